The van der Waals surface area contributed by atoms with Crippen molar-refractivity contribution in [2.24, 2.45) is 0 Å². The van der Waals surface area contributed by atoms with Crippen molar-refractivity contribution in [1.82, 2.24) is 4.72 Å². The largest absolute Gasteiger partial charge is 0.459 e. The fourth-order valence-corrected chi connectivity index (χ4v) is 4.35. The summed E-state index contributed by atoms with van der Waals surface area (Å²) >= 11 is 5.85. The number of carbonyl (C=O) groups excluding carboxylic acids is 2. The number of sulfonamides is 1. The zero-order valence-corrected chi connectivity index (χ0v) is 16.8. The topological polar surface area (TPSA) is 130 Å². The molecule has 9 nitrogen and oxygen atoms in total. The molecule has 2 amide bonds. The van der Waals surface area contributed by atoms with Gasteiger partial charge in [0.05, 0.1) is 12.0 Å². The molecule has 30 heavy (non-hydrogen) atoms. The Morgan fingerprint density at radius 1 is 1.00 bits per heavy atom. The Labute approximate surface area is 176 Å². The lowest BCUT2D eigenvalue weighted by Crippen LogP contribution is -2.51. The molecule has 2 heterocycles. The van der Waals surface area contributed by atoms with Crippen LogP contribution in [0, 0.1) is 0 Å². The first-order chi connectivity index (χ1) is 14.3. The van der Waals surface area contributed by atoms with Gasteiger partial charge in [0.2, 0.25) is 10.0 Å². The maximum absolute atomic E-state index is 12.5. The van der Waals surface area contributed by atoms with Crippen molar-refractivity contribution in [1.29, 1.82) is 0 Å². The van der Waals surface area contributed by atoms with Gasteiger partial charge in [-0.2, -0.15) is 4.72 Å². The number of benzene rings is 2. The Kier molecular flexibility index (Phi) is 5.20. The number of amides is 2. The van der Waals surface area contributed by atoms with Crippen molar-refractivity contribution in [3.05, 3.63) is 71.6 Å². The predicted octanol–water partition coefficient (Wildman–Crippen LogP) is 2.85. The fraction of sp³-hybridized carbons (Fsp3) is 0.0526. The summed E-state index contributed by atoms with van der Waals surface area (Å²) in [5.41, 5.74) is 1.19. The first kappa shape index (κ1) is 20.0. The van der Waals surface area contributed by atoms with Crippen LogP contribution in [0.15, 0.2) is 70.2 Å². The minimum absolute atomic E-state index is 0.0318. The first-order valence-corrected chi connectivity index (χ1v) is 10.5. The van der Waals surface area contributed by atoms with Crippen LogP contribution < -0.4 is 20.7 Å². The molecule has 2 aromatic carbocycles. The first-order valence-electron chi connectivity index (χ1n) is 8.66. The minimum Gasteiger partial charge on any atom is -0.459 e. The number of carbonyl (C=O) groups is 2. The molecule has 4 rings (SSSR count). The van der Waals surface area contributed by atoms with E-state index in [1.54, 1.807) is 30.3 Å². The highest BCUT2D eigenvalue weighted by atomic mass is 35.5. The summed E-state index contributed by atoms with van der Waals surface area (Å²) < 4.78 is 32.1. The maximum atomic E-state index is 12.5. The van der Waals surface area contributed by atoms with E-state index in [0.717, 1.165) is 0 Å². The van der Waals surface area contributed by atoms with Gasteiger partial charge in [0, 0.05) is 16.4 Å². The van der Waals surface area contributed by atoms with Gasteiger partial charge in [-0.3, -0.25) is 9.59 Å². The highest BCUT2D eigenvalue weighted by molar-refractivity contribution is 7.89. The summed E-state index contributed by atoms with van der Waals surface area (Å²) in [6.45, 7) is 0. The second kappa shape index (κ2) is 7.82. The van der Waals surface area contributed by atoms with E-state index in [2.05, 4.69) is 20.7 Å². The Hall–Kier alpha value is -3.34. The van der Waals surface area contributed by atoms with Gasteiger partial charge in [-0.1, -0.05) is 11.6 Å². The summed E-state index contributed by atoms with van der Waals surface area (Å²) in [6.07, 6.45) is 0.190. The number of fused-ring (bicyclic) bond motifs is 1. The number of nitrogens with one attached hydrogen (secondary N) is 4. The monoisotopic (exact) mass is 446 g/mol. The van der Waals surface area contributed by atoms with Crippen LogP contribution in [0.5, 0.6) is 0 Å². The molecule has 0 saturated heterocycles. The van der Waals surface area contributed by atoms with Crippen molar-refractivity contribution in [2.45, 2.75) is 11.1 Å². The van der Waals surface area contributed by atoms with Crippen molar-refractivity contribution < 1.29 is 22.4 Å². The van der Waals surface area contributed by atoms with Gasteiger partial charge in [-0.25, -0.2) is 8.42 Å². The third kappa shape index (κ3) is 4.15. The van der Waals surface area contributed by atoms with E-state index in [-0.39, 0.29) is 21.4 Å². The third-order valence-electron chi connectivity index (χ3n) is 4.22. The molecule has 1 aromatic heterocycles. The van der Waals surface area contributed by atoms with Crippen LogP contribution in [0.4, 0.5) is 17.1 Å². The summed E-state index contributed by atoms with van der Waals surface area (Å²) in [5, 5.41) is 8.36. The summed E-state index contributed by atoms with van der Waals surface area (Å²) in [5.74, 6) is -0.840. The average molecular weight is 447 g/mol. The number of hydrogen-bond donors (Lipinski definition) is 4. The van der Waals surface area contributed by atoms with Crippen molar-refractivity contribution in [2.75, 3.05) is 16.0 Å². The summed E-state index contributed by atoms with van der Waals surface area (Å²) in [6, 6.07) is 13.8. The SMILES string of the molecule is O=C(Nc1ccc(NC(=O)[C@@H]2Nc3ccc(Cl)cc3S(=O)(=O)N2)cc1)c1ccco1. The van der Waals surface area contributed by atoms with Gasteiger partial charge < -0.3 is 20.4 Å². The number of furan rings is 1. The van der Waals surface area contributed by atoms with Crippen LogP contribution in [0.3, 0.4) is 0 Å². The van der Waals surface area contributed by atoms with E-state index in [1.165, 1.54) is 30.5 Å². The van der Waals surface area contributed by atoms with E-state index in [1.807, 2.05) is 0 Å². The van der Waals surface area contributed by atoms with Gasteiger partial charge in [-0.05, 0) is 54.6 Å². The molecule has 11 heteroatoms. The van der Waals surface area contributed by atoms with E-state index < -0.39 is 28.0 Å². The maximum Gasteiger partial charge on any atom is 0.291 e. The second-order valence-electron chi connectivity index (χ2n) is 6.34. The van der Waals surface area contributed by atoms with Gasteiger partial charge in [0.1, 0.15) is 4.90 Å². The van der Waals surface area contributed by atoms with E-state index in [9.17, 15) is 18.0 Å². The van der Waals surface area contributed by atoms with Crippen molar-refractivity contribution in [3.63, 3.8) is 0 Å². The molecule has 3 aromatic rings. The molecule has 1 aliphatic rings. The highest BCUT2D eigenvalue weighted by Crippen LogP contribution is 2.29. The lowest BCUT2D eigenvalue weighted by Gasteiger charge is -2.27. The Morgan fingerprint density at radius 3 is 2.37 bits per heavy atom. The molecule has 1 aliphatic heterocycles. The van der Waals surface area contributed by atoms with Crippen LogP contribution in [-0.2, 0) is 14.8 Å². The van der Waals surface area contributed by atoms with Crippen LogP contribution >= 0.6 is 11.6 Å². The fourth-order valence-electron chi connectivity index (χ4n) is 2.81. The lowest BCUT2D eigenvalue weighted by atomic mass is 10.2. The molecule has 4 N–H and O–H groups in total. The van der Waals surface area contributed by atoms with E-state index >= 15 is 0 Å². The van der Waals surface area contributed by atoms with Crippen LogP contribution in [0.2, 0.25) is 5.02 Å². The molecule has 0 radical (unpaired) electrons. The molecule has 0 aliphatic carbocycles. The Bertz CT molecular complexity index is 1210. The number of halogens is 1. The second-order valence-corrected chi connectivity index (χ2v) is 8.46. The highest BCUT2D eigenvalue weighted by Gasteiger charge is 2.33. The molecular formula is C19H15ClN4O5S. The van der Waals surface area contributed by atoms with E-state index in [0.29, 0.717) is 11.4 Å². The normalized spacial score (nSPS) is 16.8. The molecular weight excluding hydrogens is 432 g/mol. The molecule has 0 spiro atoms. The molecule has 0 unspecified atom stereocenters. The minimum atomic E-state index is -3.91. The zero-order chi connectivity index (χ0) is 21.3. The Balaban J connectivity index is 1.43. The van der Waals surface area contributed by atoms with Gasteiger partial charge >= 0.3 is 0 Å². The van der Waals surface area contributed by atoms with Crippen LogP contribution in [-0.4, -0.2) is 26.4 Å². The number of anilines is 3. The zero-order valence-electron chi connectivity index (χ0n) is 15.2. The van der Waals surface area contributed by atoms with Gasteiger partial charge in [0.25, 0.3) is 11.8 Å². The number of rotatable bonds is 4. The smallest absolute Gasteiger partial charge is 0.291 e. The van der Waals surface area contributed by atoms with Gasteiger partial charge in [0.15, 0.2) is 11.9 Å². The molecule has 0 saturated carbocycles. The lowest BCUT2D eigenvalue weighted by molar-refractivity contribution is -0.117. The molecule has 1 atom stereocenters. The Morgan fingerprint density at radius 2 is 1.70 bits per heavy atom. The summed E-state index contributed by atoms with van der Waals surface area (Å²) in [7, 11) is -3.91. The van der Waals surface area contributed by atoms with E-state index in [4.69, 9.17) is 16.0 Å². The molecule has 0 fully saturated rings. The van der Waals surface area contributed by atoms with Crippen LogP contribution in [0.25, 0.3) is 0 Å². The van der Waals surface area contributed by atoms with Gasteiger partial charge in [-0.15, -0.1) is 0 Å². The third-order valence-corrected chi connectivity index (χ3v) is 5.92. The predicted molar refractivity (Wildman–Crippen MR) is 111 cm³/mol. The van der Waals surface area contributed by atoms with Crippen molar-refractivity contribution in [3.8, 4) is 0 Å². The standard InChI is InChI=1S/C19H15ClN4O5S/c20-11-3-8-14-16(10-11)30(27,28)24-17(23-14)19(26)22-13-6-4-12(5-7-13)21-18(25)15-2-1-9-29-15/h1-10,17,23-24H,(H,21,25)(H,22,26)/t17-/m1/s1. The summed E-state index contributed by atoms with van der Waals surface area (Å²) in [4.78, 5) is 24.5. The number of hydrogen-bond acceptors (Lipinski definition) is 6. The molecule has 0 bridgehead atoms. The average Bonchev–Trinajstić information content (AvgIpc) is 3.24. The quantitative estimate of drug-likeness (QED) is 0.487. The van der Waals surface area contributed by atoms with Crippen LogP contribution in [0.1, 0.15) is 10.6 Å². The van der Waals surface area contributed by atoms with Crippen molar-refractivity contribution >= 4 is 50.5 Å². The molecule has 154 valence electrons.